The van der Waals surface area contributed by atoms with Crippen molar-refractivity contribution >= 4 is 16.1 Å². The van der Waals surface area contributed by atoms with Crippen LogP contribution in [-0.2, 0) is 23.1 Å². The number of aryl methyl sites for hydroxylation is 1. The summed E-state index contributed by atoms with van der Waals surface area (Å²) in [6.07, 6.45) is 2.90. The van der Waals surface area contributed by atoms with Gasteiger partial charge in [0.25, 0.3) is 0 Å². The van der Waals surface area contributed by atoms with Crippen LogP contribution in [-0.4, -0.2) is 50.9 Å². The summed E-state index contributed by atoms with van der Waals surface area (Å²) < 4.78 is 32.4. The third-order valence-electron chi connectivity index (χ3n) is 5.51. The number of rotatable bonds is 7. The molecule has 1 heterocycles. The second-order valence-electron chi connectivity index (χ2n) is 7.94. The van der Waals surface area contributed by atoms with Crippen molar-refractivity contribution in [3.8, 4) is 5.75 Å². The number of sulfonamides is 1. The number of nitrogens with zero attached hydrogens (tertiary/aromatic N) is 2. The smallest absolute Gasteiger partial charge is 0.317 e. The first-order valence-electron chi connectivity index (χ1n) is 10.5. The summed E-state index contributed by atoms with van der Waals surface area (Å²) in [7, 11) is -0.100. The summed E-state index contributed by atoms with van der Waals surface area (Å²) in [4.78, 5) is 14.4. The Hall–Kier alpha value is -2.58. The van der Waals surface area contributed by atoms with Gasteiger partial charge < -0.3 is 15.0 Å². The van der Waals surface area contributed by atoms with Crippen LogP contribution in [0.4, 0.5) is 4.79 Å². The SMILES string of the molecule is COc1ccc(C)cc1CN(C)C(=O)NCc1ccc(S(=O)(=O)N2CCCCC2)cc1. The van der Waals surface area contributed by atoms with E-state index in [1.807, 2.05) is 25.1 Å². The second kappa shape index (κ2) is 10.2. The van der Waals surface area contributed by atoms with Crippen LogP contribution in [0.1, 0.15) is 36.0 Å². The normalized spacial score (nSPS) is 14.8. The van der Waals surface area contributed by atoms with Crippen LogP contribution < -0.4 is 10.1 Å². The topological polar surface area (TPSA) is 79.0 Å². The Morgan fingerprint density at radius 2 is 1.77 bits per heavy atom. The molecule has 0 unspecified atom stereocenters. The quantitative estimate of drug-likeness (QED) is 0.707. The first kappa shape index (κ1) is 23.1. The zero-order chi connectivity index (χ0) is 22.4. The van der Waals surface area contributed by atoms with E-state index in [0.717, 1.165) is 41.7 Å². The zero-order valence-electron chi connectivity index (χ0n) is 18.4. The summed E-state index contributed by atoms with van der Waals surface area (Å²) in [5.41, 5.74) is 2.88. The molecule has 168 valence electrons. The molecule has 0 saturated carbocycles. The predicted octanol–water partition coefficient (Wildman–Crippen LogP) is 3.52. The number of amides is 2. The minimum atomic E-state index is -3.44. The lowest BCUT2D eigenvalue weighted by Crippen LogP contribution is -2.36. The minimum Gasteiger partial charge on any atom is -0.496 e. The molecule has 1 saturated heterocycles. The first-order chi connectivity index (χ1) is 14.8. The molecule has 7 nitrogen and oxygen atoms in total. The first-order valence-corrected chi connectivity index (χ1v) is 12.0. The molecular formula is C23H31N3O4S. The lowest BCUT2D eigenvalue weighted by atomic mass is 10.1. The van der Waals surface area contributed by atoms with Crippen molar-refractivity contribution in [2.45, 2.75) is 44.2 Å². The Bertz CT molecular complexity index is 1000. The largest absolute Gasteiger partial charge is 0.496 e. The molecule has 1 fully saturated rings. The van der Waals surface area contributed by atoms with Gasteiger partial charge in [-0.3, -0.25) is 0 Å². The molecule has 3 rings (SSSR count). The van der Waals surface area contributed by atoms with E-state index in [4.69, 9.17) is 4.74 Å². The molecule has 31 heavy (non-hydrogen) atoms. The van der Waals surface area contributed by atoms with Gasteiger partial charge in [0.1, 0.15) is 5.75 Å². The van der Waals surface area contributed by atoms with E-state index in [9.17, 15) is 13.2 Å². The summed E-state index contributed by atoms with van der Waals surface area (Å²) in [6, 6.07) is 12.4. The number of methoxy groups -OCH3 is 1. The van der Waals surface area contributed by atoms with E-state index < -0.39 is 10.0 Å². The predicted molar refractivity (Wildman–Crippen MR) is 120 cm³/mol. The standard InChI is InChI=1S/C23H31N3O4S/c1-18-7-12-22(30-3)20(15-18)17-25(2)23(27)24-16-19-8-10-21(11-9-19)31(28,29)26-13-5-4-6-14-26/h7-12,15H,4-6,13-14,16-17H2,1-3H3,(H,24,27). The molecule has 2 aromatic carbocycles. The number of ether oxygens (including phenoxy) is 1. The molecular weight excluding hydrogens is 414 g/mol. The van der Waals surface area contributed by atoms with Gasteiger partial charge in [-0.1, -0.05) is 36.2 Å². The fraction of sp³-hybridized carbons (Fsp3) is 0.435. The van der Waals surface area contributed by atoms with E-state index in [1.165, 1.54) is 0 Å². The van der Waals surface area contributed by atoms with Gasteiger partial charge in [-0.25, -0.2) is 13.2 Å². The Morgan fingerprint density at radius 3 is 2.42 bits per heavy atom. The number of hydrogen-bond donors (Lipinski definition) is 1. The van der Waals surface area contributed by atoms with E-state index in [0.29, 0.717) is 31.1 Å². The lowest BCUT2D eigenvalue weighted by molar-refractivity contribution is 0.206. The second-order valence-corrected chi connectivity index (χ2v) is 9.88. The summed E-state index contributed by atoms with van der Waals surface area (Å²) in [5.74, 6) is 0.746. The minimum absolute atomic E-state index is 0.214. The number of urea groups is 1. The lowest BCUT2D eigenvalue weighted by Gasteiger charge is -2.25. The number of piperidine rings is 1. The van der Waals surface area contributed by atoms with Gasteiger partial charge in [-0.05, 0) is 43.5 Å². The Kier molecular flexibility index (Phi) is 7.56. The van der Waals surface area contributed by atoms with Gasteiger partial charge in [0, 0.05) is 32.2 Å². The van der Waals surface area contributed by atoms with Gasteiger partial charge in [-0.2, -0.15) is 4.31 Å². The van der Waals surface area contributed by atoms with Crippen LogP contribution in [0.5, 0.6) is 5.75 Å². The number of hydrogen-bond acceptors (Lipinski definition) is 4. The molecule has 8 heteroatoms. The molecule has 2 aromatic rings. The summed E-state index contributed by atoms with van der Waals surface area (Å²) >= 11 is 0. The number of carbonyl (C=O) groups is 1. The molecule has 2 amide bonds. The highest BCUT2D eigenvalue weighted by atomic mass is 32.2. The van der Waals surface area contributed by atoms with E-state index in [2.05, 4.69) is 5.32 Å². The molecule has 0 aromatic heterocycles. The maximum absolute atomic E-state index is 12.7. The Balaban J connectivity index is 1.57. The molecule has 1 N–H and O–H groups in total. The average molecular weight is 446 g/mol. The Morgan fingerprint density at radius 1 is 1.10 bits per heavy atom. The summed E-state index contributed by atoms with van der Waals surface area (Å²) in [6.45, 7) is 3.90. The van der Waals surface area contributed by atoms with Crippen molar-refractivity contribution in [1.29, 1.82) is 0 Å². The molecule has 0 radical (unpaired) electrons. The van der Waals surface area contributed by atoms with Crippen molar-refractivity contribution in [1.82, 2.24) is 14.5 Å². The monoisotopic (exact) mass is 445 g/mol. The highest BCUT2D eigenvalue weighted by molar-refractivity contribution is 7.89. The van der Waals surface area contributed by atoms with Gasteiger partial charge in [0.2, 0.25) is 10.0 Å². The van der Waals surface area contributed by atoms with Crippen LogP contribution in [0.15, 0.2) is 47.4 Å². The number of nitrogens with one attached hydrogen (secondary N) is 1. The van der Waals surface area contributed by atoms with E-state index >= 15 is 0 Å². The Labute approximate surface area is 185 Å². The third kappa shape index (κ3) is 5.77. The van der Waals surface area contributed by atoms with Gasteiger partial charge in [0.15, 0.2) is 0 Å². The zero-order valence-corrected chi connectivity index (χ0v) is 19.2. The van der Waals surface area contributed by atoms with E-state index in [-0.39, 0.29) is 6.03 Å². The van der Waals surface area contributed by atoms with Crippen LogP contribution in [0.2, 0.25) is 0 Å². The van der Waals surface area contributed by atoms with Gasteiger partial charge in [-0.15, -0.1) is 0 Å². The van der Waals surface area contributed by atoms with Crippen LogP contribution in [0.3, 0.4) is 0 Å². The van der Waals surface area contributed by atoms with Gasteiger partial charge >= 0.3 is 6.03 Å². The molecule has 1 aliphatic rings. The maximum atomic E-state index is 12.7. The fourth-order valence-electron chi connectivity index (χ4n) is 3.70. The van der Waals surface area contributed by atoms with Crippen molar-refractivity contribution < 1.29 is 17.9 Å². The van der Waals surface area contributed by atoms with Crippen LogP contribution in [0.25, 0.3) is 0 Å². The molecule has 1 aliphatic heterocycles. The number of benzene rings is 2. The van der Waals surface area contributed by atoms with E-state index in [1.54, 1.807) is 47.6 Å². The highest BCUT2D eigenvalue weighted by Crippen LogP contribution is 2.22. The van der Waals surface area contributed by atoms with Crippen LogP contribution in [0, 0.1) is 6.92 Å². The summed E-state index contributed by atoms with van der Waals surface area (Å²) in [5, 5.41) is 2.88. The number of carbonyl (C=O) groups excluding carboxylic acids is 1. The van der Waals surface area contributed by atoms with Gasteiger partial charge in [0.05, 0.1) is 18.6 Å². The highest BCUT2D eigenvalue weighted by Gasteiger charge is 2.25. The maximum Gasteiger partial charge on any atom is 0.317 e. The molecule has 0 atom stereocenters. The fourth-order valence-corrected chi connectivity index (χ4v) is 5.22. The molecule has 0 spiro atoms. The molecule has 0 aliphatic carbocycles. The van der Waals surface area contributed by atoms with Crippen molar-refractivity contribution in [3.05, 3.63) is 59.2 Å². The third-order valence-corrected chi connectivity index (χ3v) is 7.42. The van der Waals surface area contributed by atoms with Crippen molar-refractivity contribution in [3.63, 3.8) is 0 Å². The van der Waals surface area contributed by atoms with Crippen LogP contribution >= 0.6 is 0 Å². The van der Waals surface area contributed by atoms with Crippen molar-refractivity contribution in [2.24, 2.45) is 0 Å². The molecule has 0 bridgehead atoms. The van der Waals surface area contributed by atoms with Crippen molar-refractivity contribution in [2.75, 3.05) is 27.2 Å². The average Bonchev–Trinajstić information content (AvgIpc) is 2.78.